The molecule has 1 aromatic carbocycles. The minimum absolute atomic E-state index is 0. The first-order valence-corrected chi connectivity index (χ1v) is 4.38. The van der Waals surface area contributed by atoms with Crippen molar-refractivity contribution in [3.05, 3.63) is 34.4 Å². The van der Waals surface area contributed by atoms with Gasteiger partial charge in [-0.1, -0.05) is 0 Å². The van der Waals surface area contributed by atoms with E-state index in [2.05, 4.69) is 4.72 Å². The van der Waals surface area contributed by atoms with Gasteiger partial charge in [0.05, 0.1) is 4.92 Å². The van der Waals surface area contributed by atoms with Crippen LogP contribution in [0.3, 0.4) is 0 Å². The Hall–Kier alpha value is -0.760. The molecule has 0 aliphatic heterocycles. The van der Waals surface area contributed by atoms with Gasteiger partial charge in [-0.25, -0.2) is 4.79 Å². The summed E-state index contributed by atoms with van der Waals surface area (Å²) in [7, 11) is 0. The van der Waals surface area contributed by atoms with Crippen LogP contribution in [0.2, 0.25) is 0 Å². The summed E-state index contributed by atoms with van der Waals surface area (Å²) >= 11 is 1.00. The van der Waals surface area contributed by atoms with Crippen LogP contribution in [0, 0.1) is 10.1 Å². The van der Waals surface area contributed by atoms with Crippen LogP contribution in [0.5, 0.6) is 0 Å². The van der Waals surface area contributed by atoms with E-state index in [-0.39, 0.29) is 35.2 Å². The molecule has 8 heteroatoms. The second kappa shape index (κ2) is 6.67. The molecule has 0 bridgehead atoms. The fourth-order valence-electron chi connectivity index (χ4n) is 0.745. The number of primary amides is 1. The zero-order valence-corrected chi connectivity index (χ0v) is 7.78. The van der Waals surface area contributed by atoms with Crippen molar-refractivity contribution >= 4 is 53.2 Å². The van der Waals surface area contributed by atoms with E-state index in [4.69, 9.17) is 5.73 Å². The van der Waals surface area contributed by atoms with Crippen LogP contribution < -0.4 is 10.5 Å². The Bertz CT molecular complexity index is 357. The van der Waals surface area contributed by atoms with Gasteiger partial charge in [0.1, 0.15) is 0 Å². The van der Waals surface area contributed by atoms with Crippen LogP contribution in [0.1, 0.15) is 0 Å². The van der Waals surface area contributed by atoms with Crippen LogP contribution in [0.15, 0.2) is 29.2 Å². The van der Waals surface area contributed by atoms with Gasteiger partial charge in [-0.2, -0.15) is 0 Å². The molecule has 0 aliphatic carbocycles. The number of nitrogens with one attached hydrogen (secondary N) is 1. The number of nitro benzene ring substituents is 1. The Labute approximate surface area is 112 Å². The molecule has 1 aromatic rings. The van der Waals surface area contributed by atoms with Gasteiger partial charge >= 0.3 is 35.6 Å². The monoisotopic (exact) mass is 237 g/mol. The molecule has 0 aromatic heterocycles. The number of nitrogens with zero attached hydrogens (tertiary/aromatic N) is 1. The summed E-state index contributed by atoms with van der Waals surface area (Å²) in [6.45, 7) is 0. The van der Waals surface area contributed by atoms with E-state index in [0.29, 0.717) is 4.90 Å². The molecule has 0 saturated heterocycles. The van der Waals surface area contributed by atoms with Gasteiger partial charge in [0.2, 0.25) is 0 Å². The topological polar surface area (TPSA) is 98.3 Å². The van der Waals surface area contributed by atoms with Crippen LogP contribution in [0.25, 0.3) is 0 Å². The first kappa shape index (κ1) is 14.2. The number of benzene rings is 1. The SMILES string of the molecule is NC(=O)NSc1ccc([N+](=O)[O-])cc1.[NaH]. The maximum atomic E-state index is 10.3. The van der Waals surface area contributed by atoms with Gasteiger partial charge in [-0.05, 0) is 24.1 Å². The first-order chi connectivity index (χ1) is 6.59. The van der Waals surface area contributed by atoms with E-state index in [1.807, 2.05) is 0 Å². The number of nitrogens with two attached hydrogens (primary N) is 1. The summed E-state index contributed by atoms with van der Waals surface area (Å²) in [5, 5.41) is 10.3. The van der Waals surface area contributed by atoms with Crippen molar-refractivity contribution in [3.63, 3.8) is 0 Å². The van der Waals surface area contributed by atoms with Crippen LogP contribution >= 0.6 is 11.9 Å². The van der Waals surface area contributed by atoms with Crippen molar-refractivity contribution in [3.8, 4) is 0 Å². The van der Waals surface area contributed by atoms with E-state index in [0.717, 1.165) is 11.9 Å². The summed E-state index contributed by atoms with van der Waals surface area (Å²) in [5.74, 6) is 0. The normalized spacial score (nSPS) is 8.80. The minimum atomic E-state index is -0.659. The fraction of sp³-hybridized carbons (Fsp3) is 0. The number of nitro groups is 1. The quantitative estimate of drug-likeness (QED) is 0.348. The molecule has 2 amide bonds. The van der Waals surface area contributed by atoms with Gasteiger partial charge < -0.3 is 5.73 Å². The van der Waals surface area contributed by atoms with Crippen LogP contribution in [-0.2, 0) is 0 Å². The molecule has 0 spiro atoms. The molecule has 0 radical (unpaired) electrons. The second-order valence-electron chi connectivity index (χ2n) is 2.32. The number of non-ortho nitro benzene ring substituents is 1. The molecular formula is C7H8N3NaO3S. The number of hydrogen-bond acceptors (Lipinski definition) is 4. The predicted octanol–water partition coefficient (Wildman–Crippen LogP) is 0.622. The van der Waals surface area contributed by atoms with Crippen molar-refractivity contribution in [2.75, 3.05) is 0 Å². The summed E-state index contributed by atoms with van der Waals surface area (Å²) in [6, 6.07) is 5.10. The second-order valence-corrected chi connectivity index (χ2v) is 3.20. The summed E-state index contributed by atoms with van der Waals surface area (Å²) < 4.78 is 2.30. The third-order valence-corrected chi connectivity index (χ3v) is 2.13. The van der Waals surface area contributed by atoms with Crippen molar-refractivity contribution in [1.82, 2.24) is 4.72 Å². The Morgan fingerprint density at radius 1 is 1.40 bits per heavy atom. The van der Waals surface area contributed by atoms with E-state index in [1.165, 1.54) is 24.3 Å². The van der Waals surface area contributed by atoms with Crippen molar-refractivity contribution in [2.45, 2.75) is 4.90 Å². The van der Waals surface area contributed by atoms with E-state index >= 15 is 0 Å². The molecule has 0 unspecified atom stereocenters. The number of amides is 2. The molecule has 0 atom stereocenters. The summed E-state index contributed by atoms with van der Waals surface area (Å²) in [4.78, 5) is 20.8. The molecule has 1 rings (SSSR count). The molecule has 0 heterocycles. The zero-order valence-electron chi connectivity index (χ0n) is 6.97. The molecule has 0 aliphatic rings. The number of urea groups is 1. The molecular weight excluding hydrogens is 229 g/mol. The van der Waals surface area contributed by atoms with Gasteiger partial charge in [0.25, 0.3) is 5.69 Å². The maximum absolute atomic E-state index is 10.3. The average molecular weight is 237 g/mol. The third kappa shape index (κ3) is 5.03. The summed E-state index contributed by atoms with van der Waals surface area (Å²) in [6.07, 6.45) is 0. The van der Waals surface area contributed by atoms with Crippen molar-refractivity contribution in [2.24, 2.45) is 5.73 Å². The number of carbonyl (C=O) groups excluding carboxylic acids is 1. The molecule has 6 nitrogen and oxygen atoms in total. The molecule has 3 N–H and O–H groups in total. The Balaban J connectivity index is 0.00000196. The third-order valence-electron chi connectivity index (χ3n) is 1.32. The van der Waals surface area contributed by atoms with Gasteiger partial charge in [0.15, 0.2) is 0 Å². The number of hydrogen-bond donors (Lipinski definition) is 2. The summed E-state index contributed by atoms with van der Waals surface area (Å²) in [5.41, 5.74) is 4.85. The van der Waals surface area contributed by atoms with E-state index in [1.54, 1.807) is 0 Å². The molecule has 15 heavy (non-hydrogen) atoms. The molecule has 0 saturated carbocycles. The van der Waals surface area contributed by atoms with Crippen molar-refractivity contribution in [1.29, 1.82) is 0 Å². The Kier molecular flexibility index (Phi) is 6.34. The molecule has 76 valence electrons. The zero-order chi connectivity index (χ0) is 10.6. The standard InChI is InChI=1S/C7H7N3O3S.Na.H/c8-7(11)9-14-6-3-1-5(2-4-6)10(12)13;;/h1-4H,(H3,8,9,11);;. The Morgan fingerprint density at radius 3 is 2.33 bits per heavy atom. The van der Waals surface area contributed by atoms with E-state index < -0.39 is 11.0 Å². The average Bonchev–Trinajstić information content (AvgIpc) is 2.15. The first-order valence-electron chi connectivity index (χ1n) is 3.56. The molecule has 0 fully saturated rings. The Morgan fingerprint density at radius 2 is 1.93 bits per heavy atom. The van der Waals surface area contributed by atoms with Gasteiger partial charge in [-0.3, -0.25) is 14.8 Å². The fourth-order valence-corrected chi connectivity index (χ4v) is 1.24. The number of carbonyl (C=O) groups is 1. The van der Waals surface area contributed by atoms with Crippen molar-refractivity contribution < 1.29 is 9.72 Å². The van der Waals surface area contributed by atoms with Gasteiger partial charge in [0, 0.05) is 17.0 Å². The van der Waals surface area contributed by atoms with E-state index in [9.17, 15) is 14.9 Å². The predicted molar refractivity (Wildman–Crippen MR) is 58.8 cm³/mol. The van der Waals surface area contributed by atoms with Gasteiger partial charge in [-0.15, -0.1) is 0 Å². The number of rotatable bonds is 3. The van der Waals surface area contributed by atoms with Crippen LogP contribution in [0.4, 0.5) is 10.5 Å². The van der Waals surface area contributed by atoms with Crippen LogP contribution in [-0.4, -0.2) is 40.5 Å².